The first-order valence-corrected chi connectivity index (χ1v) is 10.1. The zero-order chi connectivity index (χ0) is 20.5. The van der Waals surface area contributed by atoms with Crippen molar-refractivity contribution in [3.05, 3.63) is 70.8 Å². The topological polar surface area (TPSA) is 77.8 Å². The zero-order valence-electron chi connectivity index (χ0n) is 16.5. The smallest absolute Gasteiger partial charge is 0.295 e. The van der Waals surface area contributed by atoms with E-state index in [4.69, 9.17) is 0 Å². The summed E-state index contributed by atoms with van der Waals surface area (Å²) < 4.78 is 0. The Morgan fingerprint density at radius 1 is 1.00 bits per heavy atom. The fourth-order valence-corrected chi connectivity index (χ4v) is 4.47. The van der Waals surface area contributed by atoms with E-state index in [2.05, 4.69) is 0 Å². The fourth-order valence-electron chi connectivity index (χ4n) is 4.47. The number of likely N-dealkylation sites (tertiary alicyclic amines) is 1. The van der Waals surface area contributed by atoms with Gasteiger partial charge in [0.05, 0.1) is 11.6 Å². The summed E-state index contributed by atoms with van der Waals surface area (Å²) in [6.45, 7) is 1.94. The summed E-state index contributed by atoms with van der Waals surface area (Å²) in [5, 5.41) is 21.0. The maximum Gasteiger partial charge on any atom is 0.295 e. The Bertz CT molecular complexity index is 971. The van der Waals surface area contributed by atoms with Crippen LogP contribution in [0.5, 0.6) is 5.75 Å². The van der Waals surface area contributed by atoms with Crippen LogP contribution in [0, 0.1) is 6.92 Å². The normalized spacial score (nSPS) is 22.2. The summed E-state index contributed by atoms with van der Waals surface area (Å²) >= 11 is 0. The molecule has 1 aliphatic heterocycles. The molecule has 4 rings (SSSR count). The van der Waals surface area contributed by atoms with Crippen molar-refractivity contribution in [3.63, 3.8) is 0 Å². The average molecular weight is 391 g/mol. The minimum Gasteiger partial charge on any atom is -0.508 e. The molecule has 1 unspecified atom stereocenters. The molecular weight excluding hydrogens is 366 g/mol. The van der Waals surface area contributed by atoms with Crippen LogP contribution in [0.15, 0.2) is 54.1 Å². The summed E-state index contributed by atoms with van der Waals surface area (Å²) in [7, 11) is 0. The van der Waals surface area contributed by atoms with Crippen LogP contribution in [0.1, 0.15) is 54.8 Å². The van der Waals surface area contributed by atoms with Gasteiger partial charge in [0.1, 0.15) is 11.5 Å². The number of benzene rings is 2. The van der Waals surface area contributed by atoms with Gasteiger partial charge in [-0.05, 0) is 37.5 Å². The standard InChI is InChI=1S/C24H25NO4/c1-15-10-12-16(13-11-15)22(27)20-21(17-6-5-9-19(26)14-17)25(24(29)23(20)28)18-7-3-2-4-8-18/h5-6,9-14,18,21,26-27H,2-4,7-8H2,1H3/b22-20-. The number of rotatable bonds is 3. The Labute approximate surface area is 170 Å². The number of ketones is 1. The van der Waals surface area contributed by atoms with E-state index in [0.717, 1.165) is 37.7 Å². The molecule has 0 aromatic heterocycles. The van der Waals surface area contributed by atoms with Crippen LogP contribution in [-0.2, 0) is 9.59 Å². The molecule has 2 aromatic carbocycles. The molecule has 2 aliphatic rings. The molecule has 5 heteroatoms. The van der Waals surface area contributed by atoms with Gasteiger partial charge in [-0.1, -0.05) is 61.2 Å². The van der Waals surface area contributed by atoms with E-state index in [1.54, 1.807) is 41.3 Å². The summed E-state index contributed by atoms with van der Waals surface area (Å²) in [5.41, 5.74) is 2.26. The molecule has 1 saturated heterocycles. The Kier molecular flexibility index (Phi) is 5.14. The van der Waals surface area contributed by atoms with Crippen molar-refractivity contribution in [2.45, 2.75) is 51.1 Å². The highest BCUT2D eigenvalue weighted by atomic mass is 16.3. The summed E-state index contributed by atoms with van der Waals surface area (Å²) in [5.74, 6) is -1.34. The Balaban J connectivity index is 1.87. The number of nitrogens with zero attached hydrogens (tertiary/aromatic N) is 1. The van der Waals surface area contributed by atoms with E-state index in [-0.39, 0.29) is 23.1 Å². The molecular formula is C24H25NO4. The number of aliphatic hydroxyl groups excluding tert-OH is 1. The van der Waals surface area contributed by atoms with Gasteiger partial charge in [0.25, 0.3) is 11.7 Å². The van der Waals surface area contributed by atoms with Gasteiger partial charge in [0, 0.05) is 11.6 Å². The molecule has 1 aliphatic carbocycles. The van der Waals surface area contributed by atoms with Crippen LogP contribution in [-0.4, -0.2) is 32.8 Å². The number of carbonyl (C=O) groups is 2. The lowest BCUT2D eigenvalue weighted by Gasteiger charge is -2.35. The van der Waals surface area contributed by atoms with Gasteiger partial charge in [-0.3, -0.25) is 9.59 Å². The number of aromatic hydroxyl groups is 1. The molecule has 1 heterocycles. The number of hydrogen-bond acceptors (Lipinski definition) is 4. The Morgan fingerprint density at radius 3 is 2.34 bits per heavy atom. The van der Waals surface area contributed by atoms with Crippen molar-refractivity contribution in [2.24, 2.45) is 0 Å². The molecule has 2 aromatic rings. The number of aliphatic hydroxyl groups is 1. The van der Waals surface area contributed by atoms with Crippen molar-refractivity contribution >= 4 is 17.4 Å². The van der Waals surface area contributed by atoms with Gasteiger partial charge in [-0.2, -0.15) is 0 Å². The predicted molar refractivity (Wildman–Crippen MR) is 110 cm³/mol. The summed E-state index contributed by atoms with van der Waals surface area (Å²) in [4.78, 5) is 27.7. The van der Waals surface area contributed by atoms with E-state index >= 15 is 0 Å². The van der Waals surface area contributed by atoms with Crippen LogP contribution >= 0.6 is 0 Å². The first-order chi connectivity index (χ1) is 14.0. The molecule has 29 heavy (non-hydrogen) atoms. The van der Waals surface area contributed by atoms with E-state index in [9.17, 15) is 19.8 Å². The van der Waals surface area contributed by atoms with Crippen molar-refractivity contribution in [3.8, 4) is 5.75 Å². The fraction of sp³-hybridized carbons (Fsp3) is 0.333. The molecule has 150 valence electrons. The second-order valence-electron chi connectivity index (χ2n) is 7.96. The third kappa shape index (κ3) is 3.53. The summed E-state index contributed by atoms with van der Waals surface area (Å²) in [6, 6.07) is 13.1. The minimum absolute atomic E-state index is 0.0455. The highest BCUT2D eigenvalue weighted by Crippen LogP contribution is 2.43. The van der Waals surface area contributed by atoms with Crippen molar-refractivity contribution in [2.75, 3.05) is 0 Å². The second-order valence-corrected chi connectivity index (χ2v) is 7.96. The predicted octanol–water partition coefficient (Wildman–Crippen LogP) is 4.46. The van der Waals surface area contributed by atoms with Crippen LogP contribution in [0.2, 0.25) is 0 Å². The molecule has 0 spiro atoms. The quantitative estimate of drug-likeness (QED) is 0.460. The second kappa shape index (κ2) is 7.74. The first-order valence-electron chi connectivity index (χ1n) is 10.1. The van der Waals surface area contributed by atoms with Gasteiger partial charge in [0.15, 0.2) is 0 Å². The lowest BCUT2D eigenvalue weighted by Crippen LogP contribution is -2.40. The maximum absolute atomic E-state index is 13.0. The van der Waals surface area contributed by atoms with Crippen LogP contribution in [0.25, 0.3) is 5.76 Å². The molecule has 0 radical (unpaired) electrons. The van der Waals surface area contributed by atoms with Crippen molar-refractivity contribution in [1.82, 2.24) is 4.90 Å². The number of hydrogen-bond donors (Lipinski definition) is 2. The molecule has 0 bridgehead atoms. The van der Waals surface area contributed by atoms with Gasteiger partial charge in [-0.15, -0.1) is 0 Å². The first kappa shape index (κ1) is 19.2. The zero-order valence-corrected chi connectivity index (χ0v) is 16.5. The molecule has 1 amide bonds. The molecule has 1 atom stereocenters. The van der Waals surface area contributed by atoms with Crippen molar-refractivity contribution < 1.29 is 19.8 Å². The Morgan fingerprint density at radius 2 is 1.69 bits per heavy atom. The molecule has 1 saturated carbocycles. The van der Waals surface area contributed by atoms with E-state index in [0.29, 0.717) is 11.1 Å². The number of Topliss-reactive ketones (excluding diaryl/α,β-unsaturated/α-hetero) is 1. The highest BCUT2D eigenvalue weighted by Gasteiger charge is 2.48. The third-order valence-corrected chi connectivity index (χ3v) is 5.96. The highest BCUT2D eigenvalue weighted by molar-refractivity contribution is 6.46. The van der Waals surface area contributed by atoms with E-state index in [1.165, 1.54) is 0 Å². The van der Waals surface area contributed by atoms with Gasteiger partial charge in [0.2, 0.25) is 0 Å². The minimum atomic E-state index is -0.702. The number of aryl methyl sites for hydroxylation is 1. The average Bonchev–Trinajstić information content (AvgIpc) is 2.99. The molecule has 2 N–H and O–H groups in total. The number of phenolic OH excluding ortho intramolecular Hbond substituents is 1. The number of carbonyl (C=O) groups excluding carboxylic acids is 2. The monoisotopic (exact) mass is 391 g/mol. The van der Waals surface area contributed by atoms with Gasteiger partial charge in [-0.25, -0.2) is 0 Å². The summed E-state index contributed by atoms with van der Waals surface area (Å²) in [6.07, 6.45) is 4.83. The lowest BCUT2D eigenvalue weighted by molar-refractivity contribution is -0.141. The largest absolute Gasteiger partial charge is 0.508 e. The van der Waals surface area contributed by atoms with Gasteiger partial charge < -0.3 is 15.1 Å². The molecule has 5 nitrogen and oxygen atoms in total. The van der Waals surface area contributed by atoms with E-state index in [1.807, 2.05) is 19.1 Å². The van der Waals surface area contributed by atoms with Crippen LogP contribution < -0.4 is 0 Å². The Hall–Kier alpha value is -3.08. The third-order valence-electron chi connectivity index (χ3n) is 5.96. The van der Waals surface area contributed by atoms with E-state index < -0.39 is 17.7 Å². The SMILES string of the molecule is Cc1ccc(/C(O)=C2/C(=O)C(=O)N(C3CCCCC3)C2c2cccc(O)c2)cc1. The lowest BCUT2D eigenvalue weighted by atomic mass is 9.91. The number of phenols is 1. The van der Waals surface area contributed by atoms with Gasteiger partial charge >= 0.3 is 0 Å². The van der Waals surface area contributed by atoms with Crippen LogP contribution in [0.3, 0.4) is 0 Å². The van der Waals surface area contributed by atoms with Crippen LogP contribution in [0.4, 0.5) is 0 Å². The van der Waals surface area contributed by atoms with Crippen molar-refractivity contribution in [1.29, 1.82) is 0 Å². The number of amides is 1. The maximum atomic E-state index is 13.0. The molecule has 2 fully saturated rings.